The van der Waals surface area contributed by atoms with Gasteiger partial charge in [-0.15, -0.1) is 0 Å². The van der Waals surface area contributed by atoms with Crippen molar-refractivity contribution in [1.82, 2.24) is 19.4 Å². The smallest absolute Gasteiger partial charge is 0.256 e. The van der Waals surface area contributed by atoms with Crippen LogP contribution in [0, 0.1) is 19.8 Å². The number of carbonyl (C=O) groups excluding carboxylic acids is 1. The van der Waals surface area contributed by atoms with Gasteiger partial charge in [0.05, 0.1) is 12.9 Å². The molecule has 2 aromatic rings. The van der Waals surface area contributed by atoms with E-state index in [2.05, 4.69) is 9.97 Å². The summed E-state index contributed by atoms with van der Waals surface area (Å²) in [4.78, 5) is 34.0. The maximum absolute atomic E-state index is 13.1. The van der Waals surface area contributed by atoms with Crippen LogP contribution in [0.3, 0.4) is 0 Å². The van der Waals surface area contributed by atoms with E-state index in [1.54, 1.807) is 24.8 Å². The number of aryl methyl sites for hydroxylation is 1. The van der Waals surface area contributed by atoms with Crippen LogP contribution in [0.15, 0.2) is 29.3 Å². The monoisotopic (exact) mass is 346 g/mol. The number of amides is 1. The molecule has 7 nitrogen and oxygen atoms in total. The number of hydrogen-bond donors (Lipinski definition) is 0. The Balaban J connectivity index is 1.61. The van der Waals surface area contributed by atoms with Gasteiger partial charge in [-0.05, 0) is 19.9 Å². The zero-order chi connectivity index (χ0) is 18.0. The molecule has 0 saturated carbocycles. The number of carbonyl (C=O) groups is 1. The van der Waals surface area contributed by atoms with Crippen LogP contribution in [-0.4, -0.2) is 44.5 Å². The summed E-state index contributed by atoms with van der Waals surface area (Å²) in [6, 6.07) is 4.34. The van der Waals surface area contributed by atoms with E-state index in [1.807, 2.05) is 0 Å². The van der Waals surface area contributed by atoms with E-state index in [1.165, 1.54) is 23.0 Å². The molecule has 2 aromatic heterocycles. The van der Waals surface area contributed by atoms with Gasteiger partial charge in [0.15, 0.2) is 0 Å². The molecule has 0 aromatic carbocycles. The SMILES string of the molecule is Cc1ncn(CC(=O)N2CCC(Oc3cccc(F)n3)C2)c(=O)c1C. The van der Waals surface area contributed by atoms with E-state index in [0.717, 1.165) is 0 Å². The van der Waals surface area contributed by atoms with E-state index in [-0.39, 0.29) is 30.0 Å². The van der Waals surface area contributed by atoms with E-state index >= 15 is 0 Å². The summed E-state index contributed by atoms with van der Waals surface area (Å²) in [7, 11) is 0. The second-order valence-electron chi connectivity index (χ2n) is 6.05. The molecule has 0 spiro atoms. The van der Waals surface area contributed by atoms with Crippen molar-refractivity contribution < 1.29 is 13.9 Å². The first kappa shape index (κ1) is 17.1. The van der Waals surface area contributed by atoms with Crippen molar-refractivity contribution >= 4 is 5.91 Å². The average Bonchev–Trinajstić information content (AvgIpc) is 3.04. The van der Waals surface area contributed by atoms with Crippen molar-refractivity contribution in [2.24, 2.45) is 0 Å². The molecular formula is C17H19FN4O3. The Hall–Kier alpha value is -2.77. The molecule has 0 aliphatic carbocycles. The molecule has 1 amide bonds. The molecule has 0 N–H and O–H groups in total. The molecule has 1 unspecified atom stereocenters. The predicted molar refractivity (Wildman–Crippen MR) is 87.8 cm³/mol. The third kappa shape index (κ3) is 3.84. The van der Waals surface area contributed by atoms with Gasteiger partial charge in [0, 0.05) is 30.3 Å². The highest BCUT2D eigenvalue weighted by Gasteiger charge is 2.28. The van der Waals surface area contributed by atoms with Gasteiger partial charge in [0.25, 0.3) is 5.56 Å². The van der Waals surface area contributed by atoms with Crippen LogP contribution < -0.4 is 10.3 Å². The van der Waals surface area contributed by atoms with Crippen molar-refractivity contribution in [1.29, 1.82) is 0 Å². The topological polar surface area (TPSA) is 77.3 Å². The quantitative estimate of drug-likeness (QED) is 0.774. The van der Waals surface area contributed by atoms with Crippen LogP contribution in [0.25, 0.3) is 0 Å². The van der Waals surface area contributed by atoms with E-state index in [4.69, 9.17) is 4.74 Å². The van der Waals surface area contributed by atoms with E-state index < -0.39 is 5.95 Å². The maximum atomic E-state index is 13.1. The van der Waals surface area contributed by atoms with Crippen LogP contribution in [0.4, 0.5) is 4.39 Å². The third-order valence-electron chi connectivity index (χ3n) is 4.30. The molecule has 25 heavy (non-hydrogen) atoms. The molecule has 0 bridgehead atoms. The van der Waals surface area contributed by atoms with E-state index in [9.17, 15) is 14.0 Å². The highest BCUT2D eigenvalue weighted by Crippen LogP contribution is 2.17. The molecule has 8 heteroatoms. The van der Waals surface area contributed by atoms with Crippen LogP contribution in [0.2, 0.25) is 0 Å². The molecule has 1 aliphatic rings. The molecule has 0 radical (unpaired) electrons. The number of halogens is 1. The molecular weight excluding hydrogens is 327 g/mol. The van der Waals surface area contributed by atoms with Crippen molar-refractivity contribution in [2.75, 3.05) is 13.1 Å². The Morgan fingerprint density at radius 1 is 1.40 bits per heavy atom. The van der Waals surface area contributed by atoms with Gasteiger partial charge < -0.3 is 9.64 Å². The number of rotatable bonds is 4. The zero-order valence-electron chi connectivity index (χ0n) is 14.1. The lowest BCUT2D eigenvalue weighted by atomic mass is 10.3. The summed E-state index contributed by atoms with van der Waals surface area (Å²) in [5.41, 5.74) is 0.984. The first-order chi connectivity index (χ1) is 11.9. The van der Waals surface area contributed by atoms with Crippen molar-refractivity contribution in [3.05, 3.63) is 52.1 Å². The minimum atomic E-state index is -0.606. The lowest BCUT2D eigenvalue weighted by Gasteiger charge is -2.17. The highest BCUT2D eigenvalue weighted by molar-refractivity contribution is 5.76. The van der Waals surface area contributed by atoms with Crippen molar-refractivity contribution in [2.45, 2.75) is 32.9 Å². The van der Waals surface area contributed by atoms with Gasteiger partial charge in [0.1, 0.15) is 12.6 Å². The standard InChI is InChI=1S/C17H19FN4O3/c1-11-12(2)19-10-22(17(11)24)9-16(23)21-7-6-13(8-21)25-15-5-3-4-14(18)20-15/h3-5,10,13H,6-9H2,1-2H3. The Morgan fingerprint density at radius 2 is 2.20 bits per heavy atom. The molecule has 1 aliphatic heterocycles. The number of likely N-dealkylation sites (tertiary alicyclic amines) is 1. The normalized spacial score (nSPS) is 16.9. The van der Waals surface area contributed by atoms with Gasteiger partial charge in [-0.3, -0.25) is 14.2 Å². The van der Waals surface area contributed by atoms with Crippen molar-refractivity contribution in [3.8, 4) is 5.88 Å². The molecule has 3 heterocycles. The second kappa shape index (κ2) is 7.00. The lowest BCUT2D eigenvalue weighted by Crippen LogP contribution is -2.36. The molecule has 3 rings (SSSR count). The fourth-order valence-corrected chi connectivity index (χ4v) is 2.71. The van der Waals surface area contributed by atoms with Crippen LogP contribution in [0.1, 0.15) is 17.7 Å². The number of ether oxygens (including phenoxy) is 1. The Kier molecular flexibility index (Phi) is 4.78. The maximum Gasteiger partial charge on any atom is 0.256 e. The first-order valence-electron chi connectivity index (χ1n) is 8.03. The third-order valence-corrected chi connectivity index (χ3v) is 4.30. The van der Waals surface area contributed by atoms with Crippen LogP contribution in [0.5, 0.6) is 5.88 Å². The van der Waals surface area contributed by atoms with Gasteiger partial charge >= 0.3 is 0 Å². The number of nitrogens with zero attached hydrogens (tertiary/aromatic N) is 4. The summed E-state index contributed by atoms with van der Waals surface area (Å²) in [6.45, 7) is 4.29. The van der Waals surface area contributed by atoms with Gasteiger partial charge in [-0.2, -0.15) is 9.37 Å². The first-order valence-corrected chi connectivity index (χ1v) is 8.03. The number of aromatic nitrogens is 3. The number of hydrogen-bond acceptors (Lipinski definition) is 5. The average molecular weight is 346 g/mol. The predicted octanol–water partition coefficient (Wildman–Crippen LogP) is 1.07. The van der Waals surface area contributed by atoms with Gasteiger partial charge in [-0.1, -0.05) is 6.07 Å². The largest absolute Gasteiger partial charge is 0.472 e. The Labute approximate surface area is 144 Å². The minimum absolute atomic E-state index is 0.0577. The molecule has 1 fully saturated rings. The Morgan fingerprint density at radius 3 is 2.96 bits per heavy atom. The number of pyridine rings is 1. The fraction of sp³-hybridized carbons (Fsp3) is 0.412. The van der Waals surface area contributed by atoms with Gasteiger partial charge in [0.2, 0.25) is 17.7 Å². The summed E-state index contributed by atoms with van der Waals surface area (Å²) < 4.78 is 20.0. The summed E-state index contributed by atoms with van der Waals surface area (Å²) >= 11 is 0. The zero-order valence-corrected chi connectivity index (χ0v) is 14.1. The fourth-order valence-electron chi connectivity index (χ4n) is 2.71. The van der Waals surface area contributed by atoms with E-state index in [0.29, 0.717) is 30.8 Å². The highest BCUT2D eigenvalue weighted by atomic mass is 19.1. The van der Waals surface area contributed by atoms with Gasteiger partial charge in [-0.25, -0.2) is 4.98 Å². The summed E-state index contributed by atoms with van der Waals surface area (Å²) in [6.07, 6.45) is 1.78. The molecule has 132 valence electrons. The summed E-state index contributed by atoms with van der Waals surface area (Å²) in [5.74, 6) is -0.579. The van der Waals surface area contributed by atoms with Crippen LogP contribution in [-0.2, 0) is 11.3 Å². The molecule has 1 saturated heterocycles. The Bertz CT molecular complexity index is 852. The second-order valence-corrected chi connectivity index (χ2v) is 6.05. The van der Waals surface area contributed by atoms with Crippen molar-refractivity contribution in [3.63, 3.8) is 0 Å². The van der Waals surface area contributed by atoms with Crippen LogP contribution >= 0.6 is 0 Å². The minimum Gasteiger partial charge on any atom is -0.472 e. The lowest BCUT2D eigenvalue weighted by molar-refractivity contribution is -0.131. The molecule has 1 atom stereocenters. The summed E-state index contributed by atoms with van der Waals surface area (Å²) in [5, 5.41) is 0.